The lowest BCUT2D eigenvalue weighted by Gasteiger charge is -2.08. The third kappa shape index (κ3) is 3.26. The van der Waals surface area contributed by atoms with Gasteiger partial charge in [0, 0.05) is 0 Å². The molecule has 6 heteroatoms. The van der Waals surface area contributed by atoms with Crippen molar-refractivity contribution in [1.29, 1.82) is 0 Å². The highest BCUT2D eigenvalue weighted by Gasteiger charge is 2.14. The highest BCUT2D eigenvalue weighted by atomic mass is 16.5. The summed E-state index contributed by atoms with van der Waals surface area (Å²) in [4.78, 5) is 19.7. The summed E-state index contributed by atoms with van der Waals surface area (Å²) in [7, 11) is 4.56. The van der Waals surface area contributed by atoms with Gasteiger partial charge in [0.25, 0.3) is 0 Å². The zero-order chi connectivity index (χ0) is 18.7. The van der Waals surface area contributed by atoms with Gasteiger partial charge in [0.2, 0.25) is 0 Å². The van der Waals surface area contributed by atoms with Crippen LogP contribution in [0.4, 0.5) is 0 Å². The number of para-hydroxylation sites is 1. The second kappa shape index (κ2) is 7.31. The second-order valence-corrected chi connectivity index (χ2v) is 5.72. The van der Waals surface area contributed by atoms with Gasteiger partial charge in [0.15, 0.2) is 11.5 Å². The Kier molecular flexibility index (Phi) is 4.93. The van der Waals surface area contributed by atoms with Crippen LogP contribution in [0.25, 0.3) is 22.7 Å². The van der Waals surface area contributed by atoms with Gasteiger partial charge in [0.05, 0.1) is 32.4 Å². The molecule has 6 nitrogen and oxygen atoms in total. The van der Waals surface area contributed by atoms with Gasteiger partial charge in [-0.1, -0.05) is 12.1 Å². The summed E-state index contributed by atoms with van der Waals surface area (Å²) in [5, 5.41) is 0. The number of esters is 1. The van der Waals surface area contributed by atoms with Crippen molar-refractivity contribution in [2.24, 2.45) is 0 Å². The van der Waals surface area contributed by atoms with Crippen LogP contribution < -0.4 is 9.47 Å². The molecule has 3 rings (SSSR count). The summed E-state index contributed by atoms with van der Waals surface area (Å²) in [6, 6.07) is 11.1. The first-order chi connectivity index (χ1) is 12.6. The molecule has 0 aliphatic heterocycles. The van der Waals surface area contributed by atoms with Crippen molar-refractivity contribution in [3.8, 4) is 11.5 Å². The molecule has 1 heterocycles. The molecule has 26 heavy (non-hydrogen) atoms. The molecule has 0 radical (unpaired) electrons. The fourth-order valence-corrected chi connectivity index (χ4v) is 2.75. The van der Waals surface area contributed by atoms with Crippen LogP contribution in [0.15, 0.2) is 36.4 Å². The van der Waals surface area contributed by atoms with Crippen molar-refractivity contribution >= 4 is 28.7 Å². The van der Waals surface area contributed by atoms with Crippen LogP contribution in [-0.4, -0.2) is 37.3 Å². The number of nitrogens with zero attached hydrogens (tertiary/aromatic N) is 1. The molecular weight excluding hydrogens is 332 g/mol. The van der Waals surface area contributed by atoms with Crippen LogP contribution in [-0.2, 0) is 4.74 Å². The Morgan fingerprint density at radius 1 is 1.08 bits per heavy atom. The molecule has 0 amide bonds. The van der Waals surface area contributed by atoms with E-state index in [4.69, 9.17) is 14.2 Å². The standard InChI is InChI=1S/C20H20N2O4/c1-12(10-13-8-9-16(24-2)17(11-13)25-3)19-21-15-7-5-6-14(18(15)22-19)20(23)26-4/h5-11H,1-4H3,(H,21,22). The maximum absolute atomic E-state index is 11.9. The van der Waals surface area contributed by atoms with E-state index in [0.717, 1.165) is 16.7 Å². The predicted octanol–water partition coefficient (Wildman–Crippen LogP) is 3.93. The maximum Gasteiger partial charge on any atom is 0.340 e. The number of carbonyl (C=O) groups excluding carboxylic acids is 1. The van der Waals surface area contributed by atoms with E-state index in [9.17, 15) is 4.79 Å². The number of carbonyl (C=O) groups is 1. The smallest absolute Gasteiger partial charge is 0.340 e. The van der Waals surface area contributed by atoms with Gasteiger partial charge >= 0.3 is 5.97 Å². The topological polar surface area (TPSA) is 73.4 Å². The lowest BCUT2D eigenvalue weighted by Crippen LogP contribution is -2.01. The van der Waals surface area contributed by atoms with E-state index in [1.165, 1.54) is 7.11 Å². The van der Waals surface area contributed by atoms with Gasteiger partial charge in [-0.05, 0) is 48.4 Å². The molecule has 0 atom stereocenters. The second-order valence-electron chi connectivity index (χ2n) is 5.72. The number of aromatic amines is 1. The highest BCUT2D eigenvalue weighted by Crippen LogP contribution is 2.29. The first-order valence-electron chi connectivity index (χ1n) is 8.05. The molecule has 0 aliphatic rings. The number of aromatic nitrogens is 2. The zero-order valence-electron chi connectivity index (χ0n) is 15.1. The zero-order valence-corrected chi connectivity index (χ0v) is 15.1. The molecule has 0 unspecified atom stereocenters. The first-order valence-corrected chi connectivity index (χ1v) is 8.05. The van der Waals surface area contributed by atoms with Crippen LogP contribution in [0.5, 0.6) is 11.5 Å². The average molecular weight is 352 g/mol. The number of fused-ring (bicyclic) bond motifs is 1. The number of methoxy groups -OCH3 is 3. The van der Waals surface area contributed by atoms with E-state index < -0.39 is 5.97 Å². The van der Waals surface area contributed by atoms with Gasteiger partial charge < -0.3 is 19.2 Å². The molecule has 3 aromatic rings. The van der Waals surface area contributed by atoms with Crippen molar-refractivity contribution in [3.05, 3.63) is 53.3 Å². The number of ether oxygens (including phenoxy) is 3. The lowest BCUT2D eigenvalue weighted by atomic mass is 10.1. The Morgan fingerprint density at radius 3 is 2.54 bits per heavy atom. The fourth-order valence-electron chi connectivity index (χ4n) is 2.75. The van der Waals surface area contributed by atoms with Crippen molar-refractivity contribution in [2.75, 3.05) is 21.3 Å². The summed E-state index contributed by atoms with van der Waals surface area (Å²) in [6.45, 7) is 1.95. The Hall–Kier alpha value is -3.28. The SMILES string of the molecule is COC(=O)c1cccc2[nH]c(C(C)=Cc3ccc(OC)c(OC)c3)nc12. The van der Waals surface area contributed by atoms with E-state index >= 15 is 0 Å². The number of hydrogen-bond acceptors (Lipinski definition) is 5. The van der Waals surface area contributed by atoms with E-state index in [0.29, 0.717) is 28.4 Å². The first kappa shape index (κ1) is 17.5. The molecule has 0 saturated heterocycles. The van der Waals surface area contributed by atoms with Crippen LogP contribution >= 0.6 is 0 Å². The van der Waals surface area contributed by atoms with Gasteiger partial charge in [-0.15, -0.1) is 0 Å². The Morgan fingerprint density at radius 2 is 1.85 bits per heavy atom. The van der Waals surface area contributed by atoms with Gasteiger partial charge in [0.1, 0.15) is 11.3 Å². The van der Waals surface area contributed by atoms with E-state index in [1.54, 1.807) is 26.4 Å². The number of benzene rings is 2. The Bertz CT molecular complexity index is 989. The molecule has 2 aromatic carbocycles. The minimum Gasteiger partial charge on any atom is -0.493 e. The van der Waals surface area contributed by atoms with E-state index in [-0.39, 0.29) is 0 Å². The van der Waals surface area contributed by atoms with Crippen LogP contribution in [0, 0.1) is 0 Å². The molecule has 134 valence electrons. The molecule has 0 bridgehead atoms. The van der Waals surface area contributed by atoms with Gasteiger partial charge in [-0.2, -0.15) is 0 Å². The third-order valence-electron chi connectivity index (χ3n) is 4.08. The summed E-state index contributed by atoms with van der Waals surface area (Å²) in [5.74, 6) is 1.61. The number of hydrogen-bond donors (Lipinski definition) is 1. The predicted molar refractivity (Wildman–Crippen MR) is 101 cm³/mol. The quantitative estimate of drug-likeness (QED) is 0.704. The van der Waals surface area contributed by atoms with Gasteiger partial charge in [-0.3, -0.25) is 0 Å². The van der Waals surface area contributed by atoms with Crippen molar-refractivity contribution in [3.63, 3.8) is 0 Å². The van der Waals surface area contributed by atoms with Gasteiger partial charge in [-0.25, -0.2) is 9.78 Å². The minimum atomic E-state index is -0.407. The van der Waals surface area contributed by atoms with Crippen LogP contribution in [0.3, 0.4) is 0 Å². The normalized spacial score (nSPS) is 11.5. The summed E-state index contributed by atoms with van der Waals surface area (Å²) >= 11 is 0. The monoisotopic (exact) mass is 352 g/mol. The lowest BCUT2D eigenvalue weighted by molar-refractivity contribution is 0.0603. The van der Waals surface area contributed by atoms with Crippen molar-refractivity contribution < 1.29 is 19.0 Å². The molecule has 0 spiro atoms. The average Bonchev–Trinajstić information content (AvgIpc) is 3.11. The number of nitrogens with one attached hydrogen (secondary N) is 1. The molecule has 1 N–H and O–H groups in total. The van der Waals surface area contributed by atoms with Crippen molar-refractivity contribution in [2.45, 2.75) is 6.92 Å². The molecule has 0 fully saturated rings. The molecule has 0 saturated carbocycles. The van der Waals surface area contributed by atoms with Crippen molar-refractivity contribution in [1.82, 2.24) is 9.97 Å². The fraction of sp³-hybridized carbons (Fsp3) is 0.200. The number of H-pyrrole nitrogens is 1. The summed E-state index contributed by atoms with van der Waals surface area (Å²) in [6.07, 6.45) is 1.98. The molecular formula is C20H20N2O4. The Balaban J connectivity index is 2.01. The largest absolute Gasteiger partial charge is 0.493 e. The maximum atomic E-state index is 11.9. The van der Waals surface area contributed by atoms with Crippen LogP contribution in [0.2, 0.25) is 0 Å². The minimum absolute atomic E-state index is 0.407. The van der Waals surface area contributed by atoms with E-state index in [1.807, 2.05) is 37.3 Å². The summed E-state index contributed by atoms with van der Waals surface area (Å²) < 4.78 is 15.4. The number of allylic oxidation sites excluding steroid dienone is 1. The highest BCUT2D eigenvalue weighted by molar-refractivity contribution is 6.02. The summed E-state index contributed by atoms with van der Waals surface area (Å²) in [5.41, 5.74) is 3.68. The third-order valence-corrected chi connectivity index (χ3v) is 4.08. The molecule has 0 aliphatic carbocycles. The number of imidazole rings is 1. The Labute approximate surface area is 151 Å². The number of rotatable bonds is 5. The van der Waals surface area contributed by atoms with Crippen LogP contribution in [0.1, 0.15) is 28.7 Å². The van der Waals surface area contributed by atoms with E-state index in [2.05, 4.69) is 9.97 Å². The molecule has 1 aromatic heterocycles.